The van der Waals surface area contributed by atoms with E-state index < -0.39 is 0 Å². The van der Waals surface area contributed by atoms with Crippen molar-refractivity contribution in [3.8, 4) is 5.75 Å². The number of methoxy groups -OCH3 is 1. The van der Waals surface area contributed by atoms with Gasteiger partial charge in [0.2, 0.25) is 0 Å². The molecule has 2 aromatic carbocycles. The molecule has 1 atom stereocenters. The van der Waals surface area contributed by atoms with Gasteiger partial charge >= 0.3 is 0 Å². The molecule has 128 valence electrons. The summed E-state index contributed by atoms with van der Waals surface area (Å²) in [7, 11) is 1.62. The number of H-pyrrole nitrogens is 1. The molecular weight excluding hydrogens is 316 g/mol. The van der Waals surface area contributed by atoms with Gasteiger partial charge in [-0.2, -0.15) is 0 Å². The molecule has 0 aliphatic carbocycles. The molecule has 0 spiro atoms. The zero-order valence-corrected chi connectivity index (χ0v) is 14.2. The molecule has 1 amide bonds. The van der Waals surface area contributed by atoms with Gasteiger partial charge in [-0.3, -0.25) is 9.59 Å². The number of aromatic nitrogens is 1. The van der Waals surface area contributed by atoms with Gasteiger partial charge in [0.25, 0.3) is 11.5 Å². The summed E-state index contributed by atoms with van der Waals surface area (Å²) in [6.07, 6.45) is 2.22. The van der Waals surface area contributed by atoms with E-state index in [0.717, 1.165) is 17.7 Å². The Bertz CT molecular complexity index is 945. The number of rotatable bonds is 5. The topological polar surface area (TPSA) is 71.2 Å². The number of hydrogen-bond acceptors (Lipinski definition) is 3. The normalized spacial score (nSPS) is 11.9. The van der Waals surface area contributed by atoms with E-state index in [1.807, 2.05) is 37.3 Å². The van der Waals surface area contributed by atoms with Crippen LogP contribution in [0, 0.1) is 0 Å². The Balaban J connectivity index is 1.90. The molecule has 25 heavy (non-hydrogen) atoms. The molecule has 3 rings (SSSR count). The monoisotopic (exact) mass is 336 g/mol. The molecule has 0 fully saturated rings. The third kappa shape index (κ3) is 3.40. The van der Waals surface area contributed by atoms with Crippen molar-refractivity contribution in [2.45, 2.75) is 19.4 Å². The summed E-state index contributed by atoms with van der Waals surface area (Å²) in [4.78, 5) is 27.3. The van der Waals surface area contributed by atoms with Crippen molar-refractivity contribution in [3.05, 3.63) is 76.2 Å². The van der Waals surface area contributed by atoms with E-state index in [-0.39, 0.29) is 17.5 Å². The zero-order valence-electron chi connectivity index (χ0n) is 14.2. The number of fused-ring (bicyclic) bond motifs is 1. The Hall–Kier alpha value is -3.08. The predicted molar refractivity (Wildman–Crippen MR) is 98.1 cm³/mol. The minimum atomic E-state index is -0.213. The van der Waals surface area contributed by atoms with Crippen LogP contribution in [0.2, 0.25) is 0 Å². The van der Waals surface area contributed by atoms with Gasteiger partial charge in [-0.25, -0.2) is 0 Å². The van der Waals surface area contributed by atoms with E-state index in [4.69, 9.17) is 4.74 Å². The van der Waals surface area contributed by atoms with Crippen LogP contribution in [0.3, 0.4) is 0 Å². The smallest absolute Gasteiger partial charge is 0.255 e. The van der Waals surface area contributed by atoms with Crippen molar-refractivity contribution >= 4 is 16.7 Å². The second-order valence-electron chi connectivity index (χ2n) is 5.78. The first-order valence-electron chi connectivity index (χ1n) is 8.19. The van der Waals surface area contributed by atoms with Crippen molar-refractivity contribution in [1.29, 1.82) is 0 Å². The fourth-order valence-electron chi connectivity index (χ4n) is 2.89. The van der Waals surface area contributed by atoms with Crippen molar-refractivity contribution in [1.82, 2.24) is 10.3 Å². The molecule has 1 heterocycles. The van der Waals surface area contributed by atoms with Gasteiger partial charge in [-0.15, -0.1) is 0 Å². The average molecular weight is 336 g/mol. The van der Waals surface area contributed by atoms with E-state index in [0.29, 0.717) is 16.3 Å². The lowest BCUT2D eigenvalue weighted by Gasteiger charge is -2.18. The summed E-state index contributed by atoms with van der Waals surface area (Å²) >= 11 is 0. The Kier molecular flexibility index (Phi) is 4.84. The van der Waals surface area contributed by atoms with E-state index in [2.05, 4.69) is 10.3 Å². The van der Waals surface area contributed by atoms with Gasteiger partial charge in [0.1, 0.15) is 5.75 Å². The van der Waals surface area contributed by atoms with E-state index in [1.54, 1.807) is 25.3 Å². The second kappa shape index (κ2) is 7.21. The zero-order chi connectivity index (χ0) is 17.8. The molecule has 0 aliphatic heterocycles. The Morgan fingerprint density at radius 3 is 2.44 bits per heavy atom. The van der Waals surface area contributed by atoms with Crippen LogP contribution in [0.4, 0.5) is 0 Å². The van der Waals surface area contributed by atoms with Crippen molar-refractivity contribution < 1.29 is 9.53 Å². The minimum Gasteiger partial charge on any atom is -0.497 e. The number of aromatic amines is 1. The van der Waals surface area contributed by atoms with Gasteiger partial charge in [-0.05, 0) is 30.2 Å². The highest BCUT2D eigenvalue weighted by atomic mass is 16.5. The number of pyridine rings is 1. The first kappa shape index (κ1) is 16.8. The molecule has 5 heteroatoms. The standard InChI is InChI=1S/C20H20N2O3/c1-3-18(13-8-10-14(25-2)11-9-13)22-20(24)17-12-21-19(23)16-7-5-4-6-15(16)17/h4-12,18H,3H2,1-2H3,(H,21,23)(H,22,24). The lowest BCUT2D eigenvalue weighted by molar-refractivity contribution is 0.0937. The largest absolute Gasteiger partial charge is 0.497 e. The first-order valence-corrected chi connectivity index (χ1v) is 8.19. The van der Waals surface area contributed by atoms with E-state index >= 15 is 0 Å². The maximum Gasteiger partial charge on any atom is 0.255 e. The molecular formula is C20H20N2O3. The molecule has 0 radical (unpaired) electrons. The van der Waals surface area contributed by atoms with Crippen LogP contribution in [0.15, 0.2) is 59.5 Å². The highest BCUT2D eigenvalue weighted by molar-refractivity contribution is 6.06. The summed E-state index contributed by atoms with van der Waals surface area (Å²) in [5.74, 6) is 0.562. The minimum absolute atomic E-state index is 0.121. The van der Waals surface area contributed by atoms with Crippen LogP contribution < -0.4 is 15.6 Å². The highest BCUT2D eigenvalue weighted by Crippen LogP contribution is 2.21. The Labute approximate surface area is 145 Å². The quantitative estimate of drug-likeness (QED) is 0.750. The maximum absolute atomic E-state index is 12.8. The lowest BCUT2D eigenvalue weighted by Crippen LogP contribution is -2.29. The fraction of sp³-hybridized carbons (Fsp3) is 0.200. The molecule has 1 aromatic heterocycles. The molecule has 2 N–H and O–H groups in total. The summed E-state index contributed by atoms with van der Waals surface area (Å²) in [5, 5.41) is 4.20. The highest BCUT2D eigenvalue weighted by Gasteiger charge is 2.17. The molecule has 0 bridgehead atoms. The molecule has 0 aliphatic rings. The number of ether oxygens (including phenoxy) is 1. The van der Waals surface area contributed by atoms with Crippen LogP contribution in [-0.4, -0.2) is 18.0 Å². The molecule has 1 unspecified atom stereocenters. The summed E-state index contributed by atoms with van der Waals surface area (Å²) in [6, 6.07) is 14.6. The third-order valence-corrected chi connectivity index (χ3v) is 4.29. The number of benzene rings is 2. The van der Waals surface area contributed by atoms with Gasteiger partial charge in [0.15, 0.2) is 0 Å². The SMILES string of the molecule is CCC(NC(=O)c1c[nH]c(=O)c2ccccc12)c1ccc(OC)cc1. The van der Waals surface area contributed by atoms with E-state index in [1.165, 1.54) is 6.20 Å². The van der Waals surface area contributed by atoms with Crippen molar-refractivity contribution in [2.75, 3.05) is 7.11 Å². The van der Waals surface area contributed by atoms with Crippen molar-refractivity contribution in [2.24, 2.45) is 0 Å². The van der Waals surface area contributed by atoms with Crippen molar-refractivity contribution in [3.63, 3.8) is 0 Å². The van der Waals surface area contributed by atoms with Gasteiger partial charge in [0.05, 0.1) is 18.7 Å². The first-order chi connectivity index (χ1) is 12.1. The number of hydrogen-bond donors (Lipinski definition) is 2. The number of carbonyl (C=O) groups excluding carboxylic acids is 1. The molecule has 3 aromatic rings. The fourth-order valence-corrected chi connectivity index (χ4v) is 2.89. The Morgan fingerprint density at radius 2 is 1.80 bits per heavy atom. The van der Waals surface area contributed by atoms with Crippen LogP contribution >= 0.6 is 0 Å². The van der Waals surface area contributed by atoms with Crippen LogP contribution in [0.25, 0.3) is 10.8 Å². The summed E-state index contributed by atoms with van der Waals surface area (Å²) in [5.41, 5.74) is 1.27. The summed E-state index contributed by atoms with van der Waals surface area (Å²) in [6.45, 7) is 2.01. The lowest BCUT2D eigenvalue weighted by atomic mass is 10.0. The molecule has 5 nitrogen and oxygen atoms in total. The third-order valence-electron chi connectivity index (χ3n) is 4.29. The predicted octanol–water partition coefficient (Wildman–Crippen LogP) is 3.42. The summed E-state index contributed by atoms with van der Waals surface area (Å²) < 4.78 is 5.17. The maximum atomic E-state index is 12.8. The van der Waals surface area contributed by atoms with Gasteiger partial charge in [0, 0.05) is 17.0 Å². The van der Waals surface area contributed by atoms with Crippen LogP contribution in [0.1, 0.15) is 35.3 Å². The number of amides is 1. The Morgan fingerprint density at radius 1 is 1.12 bits per heavy atom. The molecule has 0 saturated carbocycles. The van der Waals surface area contributed by atoms with E-state index in [9.17, 15) is 9.59 Å². The second-order valence-corrected chi connectivity index (χ2v) is 5.78. The van der Waals surface area contributed by atoms with Gasteiger partial charge in [-0.1, -0.05) is 37.3 Å². The number of carbonyl (C=O) groups is 1. The molecule has 0 saturated heterocycles. The average Bonchev–Trinajstić information content (AvgIpc) is 2.66. The van der Waals surface area contributed by atoms with Crippen LogP contribution in [-0.2, 0) is 0 Å². The van der Waals surface area contributed by atoms with Gasteiger partial charge < -0.3 is 15.0 Å². The van der Waals surface area contributed by atoms with Crippen LogP contribution in [0.5, 0.6) is 5.75 Å². The number of nitrogens with one attached hydrogen (secondary N) is 2.